The van der Waals surface area contributed by atoms with Gasteiger partial charge in [0.2, 0.25) is 0 Å². The predicted octanol–water partition coefficient (Wildman–Crippen LogP) is 7.61. The number of hydrogen-bond donors (Lipinski definition) is 0. The Kier molecular flexibility index (Phi) is 6.30. The first-order valence-electron chi connectivity index (χ1n) is 9.20. The van der Waals surface area contributed by atoms with E-state index in [9.17, 15) is 22.0 Å². The monoisotopic (exact) mass is 380 g/mol. The van der Waals surface area contributed by atoms with Gasteiger partial charge in [0.15, 0.2) is 17.5 Å². The second-order valence-corrected chi connectivity index (χ2v) is 7.16. The fraction of sp³-hybridized carbons (Fsp3) is 0.364. The fourth-order valence-electron chi connectivity index (χ4n) is 3.88. The van der Waals surface area contributed by atoms with Crippen LogP contribution < -0.4 is 0 Å². The van der Waals surface area contributed by atoms with Gasteiger partial charge in [-0.05, 0) is 85.3 Å². The summed E-state index contributed by atoms with van der Waals surface area (Å²) in [6, 6.07) is 9.47. The first-order valence-corrected chi connectivity index (χ1v) is 9.20. The van der Waals surface area contributed by atoms with Crippen LogP contribution in [-0.4, -0.2) is 0 Å². The average molecular weight is 380 g/mol. The molecule has 144 valence electrons. The van der Waals surface area contributed by atoms with Gasteiger partial charge in [0.05, 0.1) is 0 Å². The smallest absolute Gasteiger partial charge is 0.204 e. The minimum Gasteiger partial charge on any atom is -0.204 e. The van der Waals surface area contributed by atoms with E-state index in [2.05, 4.69) is 0 Å². The zero-order valence-corrected chi connectivity index (χ0v) is 14.8. The van der Waals surface area contributed by atoms with Gasteiger partial charge < -0.3 is 0 Å². The molecule has 0 amide bonds. The lowest BCUT2D eigenvalue weighted by Gasteiger charge is -2.28. The van der Waals surface area contributed by atoms with Crippen LogP contribution in [0, 0.1) is 23.4 Å². The Morgan fingerprint density at radius 1 is 0.852 bits per heavy atom. The topological polar surface area (TPSA) is 0 Å². The van der Waals surface area contributed by atoms with Crippen molar-refractivity contribution in [2.24, 2.45) is 5.92 Å². The maximum atomic E-state index is 13.4. The second kappa shape index (κ2) is 8.68. The molecule has 0 heterocycles. The second-order valence-electron chi connectivity index (χ2n) is 7.16. The molecule has 2 aromatic rings. The van der Waals surface area contributed by atoms with Crippen molar-refractivity contribution in [1.29, 1.82) is 0 Å². The van der Waals surface area contributed by atoms with Gasteiger partial charge in [-0.1, -0.05) is 24.3 Å². The molecule has 5 heteroatoms. The van der Waals surface area contributed by atoms with Crippen molar-refractivity contribution in [2.45, 2.75) is 44.4 Å². The van der Waals surface area contributed by atoms with Crippen LogP contribution in [0.5, 0.6) is 0 Å². The SMILES string of the molecule is FC(F)=CCCC1CCC(c2ccc(-c3cc(F)c(F)c(F)c3)cc2)CC1. The zero-order chi connectivity index (χ0) is 19.4. The first-order chi connectivity index (χ1) is 12.9. The van der Waals surface area contributed by atoms with Crippen LogP contribution in [-0.2, 0) is 0 Å². The van der Waals surface area contributed by atoms with Gasteiger partial charge in [-0.15, -0.1) is 0 Å². The van der Waals surface area contributed by atoms with Gasteiger partial charge in [-0.25, -0.2) is 13.2 Å². The maximum absolute atomic E-state index is 13.4. The van der Waals surface area contributed by atoms with Crippen LogP contribution >= 0.6 is 0 Å². The average Bonchev–Trinajstić information content (AvgIpc) is 2.66. The third-order valence-electron chi connectivity index (χ3n) is 5.42. The van der Waals surface area contributed by atoms with Crippen LogP contribution in [0.4, 0.5) is 22.0 Å². The van der Waals surface area contributed by atoms with Crippen molar-refractivity contribution in [3.05, 3.63) is 71.6 Å². The van der Waals surface area contributed by atoms with Crippen molar-refractivity contribution in [3.63, 3.8) is 0 Å². The van der Waals surface area contributed by atoms with Crippen LogP contribution in [0.25, 0.3) is 11.1 Å². The van der Waals surface area contributed by atoms with Crippen molar-refractivity contribution in [3.8, 4) is 11.1 Å². The summed E-state index contributed by atoms with van der Waals surface area (Å²) in [6.07, 6.45) is 4.65. The summed E-state index contributed by atoms with van der Waals surface area (Å²) in [7, 11) is 0. The van der Waals surface area contributed by atoms with E-state index < -0.39 is 23.5 Å². The highest BCUT2D eigenvalue weighted by Gasteiger charge is 2.22. The Labute approximate surface area is 155 Å². The number of hydrogen-bond acceptors (Lipinski definition) is 0. The standard InChI is InChI=1S/C22H21F5/c23-19-12-18(13-20(24)22(19)27)17-10-8-16(9-11-17)15-6-4-14(5-7-15)2-1-3-21(25)26/h3,8-15H,1-2,4-7H2. The molecule has 0 nitrogen and oxygen atoms in total. The maximum Gasteiger partial charge on any atom is 0.266 e. The predicted molar refractivity (Wildman–Crippen MR) is 96.0 cm³/mol. The molecule has 0 spiro atoms. The minimum absolute atomic E-state index is 0.301. The molecule has 0 saturated heterocycles. The Morgan fingerprint density at radius 3 is 2.00 bits per heavy atom. The highest BCUT2D eigenvalue weighted by Crippen LogP contribution is 2.38. The van der Waals surface area contributed by atoms with E-state index >= 15 is 0 Å². The molecule has 1 saturated carbocycles. The van der Waals surface area contributed by atoms with Crippen LogP contribution in [0.3, 0.4) is 0 Å². The van der Waals surface area contributed by atoms with E-state index in [0.29, 0.717) is 29.4 Å². The normalized spacial score (nSPS) is 19.7. The van der Waals surface area contributed by atoms with E-state index in [1.807, 2.05) is 12.1 Å². The Bertz CT molecular complexity index is 775. The molecule has 0 N–H and O–H groups in total. The van der Waals surface area contributed by atoms with Crippen molar-refractivity contribution in [1.82, 2.24) is 0 Å². The third-order valence-corrected chi connectivity index (χ3v) is 5.42. The molecule has 2 aromatic carbocycles. The molecule has 0 atom stereocenters. The van der Waals surface area contributed by atoms with Gasteiger partial charge in [0.25, 0.3) is 6.08 Å². The lowest BCUT2D eigenvalue weighted by molar-refractivity contribution is 0.310. The number of allylic oxidation sites excluding steroid dienone is 1. The van der Waals surface area contributed by atoms with E-state index in [1.54, 1.807) is 12.1 Å². The lowest BCUT2D eigenvalue weighted by Crippen LogP contribution is -2.13. The number of benzene rings is 2. The van der Waals surface area contributed by atoms with Gasteiger partial charge in [0, 0.05) is 0 Å². The van der Waals surface area contributed by atoms with Crippen LogP contribution in [0.2, 0.25) is 0 Å². The Hall–Kier alpha value is -2.17. The summed E-state index contributed by atoms with van der Waals surface area (Å²) in [6.45, 7) is 0. The summed E-state index contributed by atoms with van der Waals surface area (Å²) < 4.78 is 64.1. The zero-order valence-electron chi connectivity index (χ0n) is 14.8. The van der Waals surface area contributed by atoms with Crippen molar-refractivity contribution >= 4 is 0 Å². The number of halogens is 5. The quantitative estimate of drug-likeness (QED) is 0.370. The van der Waals surface area contributed by atoms with Gasteiger partial charge in [-0.3, -0.25) is 0 Å². The minimum atomic E-state index is -1.61. The van der Waals surface area contributed by atoms with Crippen LogP contribution in [0.15, 0.2) is 48.6 Å². The molecule has 0 bridgehead atoms. The van der Waals surface area contributed by atoms with Crippen LogP contribution in [0.1, 0.15) is 50.0 Å². The van der Waals surface area contributed by atoms with Gasteiger partial charge in [0.1, 0.15) is 0 Å². The Balaban J connectivity index is 1.61. The molecule has 1 fully saturated rings. The van der Waals surface area contributed by atoms with E-state index in [0.717, 1.165) is 55.9 Å². The molecule has 1 aliphatic carbocycles. The highest BCUT2D eigenvalue weighted by atomic mass is 19.3. The summed E-state index contributed by atoms with van der Waals surface area (Å²) in [4.78, 5) is 0. The molecule has 3 rings (SSSR count). The summed E-state index contributed by atoms with van der Waals surface area (Å²) in [5.41, 5.74) is 2.09. The molecular formula is C22H21F5. The van der Waals surface area contributed by atoms with E-state index in [1.165, 1.54) is 0 Å². The Morgan fingerprint density at radius 2 is 1.44 bits per heavy atom. The third kappa shape index (κ3) is 4.96. The molecule has 0 radical (unpaired) electrons. The van der Waals surface area contributed by atoms with Crippen molar-refractivity contribution < 1.29 is 22.0 Å². The molecule has 27 heavy (non-hydrogen) atoms. The summed E-state index contributed by atoms with van der Waals surface area (Å²) in [5, 5.41) is 0. The molecular weight excluding hydrogens is 359 g/mol. The van der Waals surface area contributed by atoms with Crippen molar-refractivity contribution in [2.75, 3.05) is 0 Å². The number of rotatable bonds is 5. The highest BCUT2D eigenvalue weighted by molar-refractivity contribution is 5.64. The first kappa shape index (κ1) is 19.6. The largest absolute Gasteiger partial charge is 0.266 e. The molecule has 0 aromatic heterocycles. The molecule has 0 aliphatic heterocycles. The van der Waals surface area contributed by atoms with E-state index in [-0.39, 0.29) is 0 Å². The summed E-state index contributed by atoms with van der Waals surface area (Å²) in [5.74, 6) is -2.96. The van der Waals surface area contributed by atoms with Gasteiger partial charge in [-0.2, -0.15) is 8.78 Å². The molecule has 1 aliphatic rings. The lowest BCUT2D eigenvalue weighted by atomic mass is 9.77. The fourth-order valence-corrected chi connectivity index (χ4v) is 3.88. The van der Waals surface area contributed by atoms with E-state index in [4.69, 9.17) is 0 Å². The summed E-state index contributed by atoms with van der Waals surface area (Å²) >= 11 is 0. The molecule has 0 unspecified atom stereocenters. The van der Waals surface area contributed by atoms with Gasteiger partial charge >= 0.3 is 0 Å².